The molecule has 20 heavy (non-hydrogen) atoms. The molecule has 4 nitrogen and oxygen atoms in total. The molecular weight excluding hydrogens is 273 g/mol. The smallest absolute Gasteiger partial charge is 0.285 e. The third kappa shape index (κ3) is 1.70. The topological polar surface area (TPSA) is 59.9 Å². The maximum Gasteiger partial charge on any atom is 0.417 e. The van der Waals surface area contributed by atoms with Crippen molar-refractivity contribution < 1.29 is 22.8 Å². The number of pyridine rings is 2. The van der Waals surface area contributed by atoms with Crippen LogP contribution in [0.5, 0.6) is 0 Å². The van der Waals surface area contributed by atoms with E-state index in [4.69, 9.17) is 0 Å². The first-order valence-corrected chi connectivity index (χ1v) is 5.51. The second-order valence-corrected chi connectivity index (χ2v) is 4.18. The van der Waals surface area contributed by atoms with Gasteiger partial charge in [0.2, 0.25) is 11.6 Å². The van der Waals surface area contributed by atoms with Crippen molar-refractivity contribution in [3.63, 3.8) is 0 Å². The molecular formula is C13H5F3N2O2. The molecule has 2 aromatic rings. The quantitative estimate of drug-likeness (QED) is 0.695. The fraction of sp³-hybridized carbons (Fsp3) is 0.0769. The van der Waals surface area contributed by atoms with Crippen molar-refractivity contribution in [1.29, 1.82) is 0 Å². The van der Waals surface area contributed by atoms with Gasteiger partial charge in [0, 0.05) is 12.4 Å². The highest BCUT2D eigenvalue weighted by Crippen LogP contribution is 2.35. The Kier molecular flexibility index (Phi) is 2.47. The number of halogens is 3. The molecule has 0 saturated carbocycles. The minimum Gasteiger partial charge on any atom is -0.285 e. The normalized spacial score (nSPS) is 13.9. The van der Waals surface area contributed by atoms with E-state index in [0.29, 0.717) is 12.3 Å². The van der Waals surface area contributed by atoms with E-state index in [1.165, 1.54) is 18.3 Å². The van der Waals surface area contributed by atoms with E-state index >= 15 is 0 Å². The molecule has 0 fully saturated rings. The molecule has 0 N–H and O–H groups in total. The van der Waals surface area contributed by atoms with Crippen LogP contribution in [-0.2, 0) is 6.18 Å². The highest BCUT2D eigenvalue weighted by atomic mass is 19.4. The Labute approximate surface area is 110 Å². The maximum absolute atomic E-state index is 12.6. The van der Waals surface area contributed by atoms with Crippen LogP contribution in [0.3, 0.4) is 0 Å². The van der Waals surface area contributed by atoms with Gasteiger partial charge in [0.25, 0.3) is 0 Å². The third-order valence-electron chi connectivity index (χ3n) is 2.94. The van der Waals surface area contributed by atoms with E-state index in [1.54, 1.807) is 0 Å². The van der Waals surface area contributed by atoms with Crippen LogP contribution in [0, 0.1) is 0 Å². The number of rotatable bonds is 0. The van der Waals surface area contributed by atoms with Gasteiger partial charge in [-0.1, -0.05) is 0 Å². The number of carbonyl (C=O) groups is 2. The van der Waals surface area contributed by atoms with Crippen molar-refractivity contribution >= 4 is 11.6 Å². The summed E-state index contributed by atoms with van der Waals surface area (Å²) >= 11 is 0. The lowest BCUT2D eigenvalue weighted by Gasteiger charge is -2.17. The lowest BCUT2D eigenvalue weighted by molar-refractivity contribution is -0.137. The third-order valence-corrected chi connectivity index (χ3v) is 2.94. The molecule has 100 valence electrons. The van der Waals surface area contributed by atoms with Crippen LogP contribution in [0.15, 0.2) is 30.6 Å². The molecule has 0 radical (unpaired) electrons. The van der Waals surface area contributed by atoms with E-state index < -0.39 is 23.3 Å². The Balaban J connectivity index is 2.29. The molecule has 0 amide bonds. The summed E-state index contributed by atoms with van der Waals surface area (Å²) in [6, 6.07) is 3.50. The standard InChI is InChI=1S/C13H5F3N2O2/c14-13(15,16)6-4-8-10(18-5-6)9-7(2-1-3-17-9)11(19)12(8)20/h1-5H. The van der Waals surface area contributed by atoms with Gasteiger partial charge < -0.3 is 0 Å². The van der Waals surface area contributed by atoms with E-state index in [1.807, 2.05) is 0 Å². The zero-order chi connectivity index (χ0) is 14.5. The summed E-state index contributed by atoms with van der Waals surface area (Å²) in [5.74, 6) is -1.87. The Hall–Kier alpha value is -2.57. The number of aromatic nitrogens is 2. The highest BCUT2D eigenvalue weighted by Gasteiger charge is 2.37. The summed E-state index contributed by atoms with van der Waals surface area (Å²) in [6.07, 6.45) is -2.62. The molecule has 7 heteroatoms. The number of alkyl halides is 3. The molecule has 0 bridgehead atoms. The van der Waals surface area contributed by atoms with Crippen molar-refractivity contribution in [2.24, 2.45) is 0 Å². The molecule has 0 atom stereocenters. The van der Waals surface area contributed by atoms with Crippen LogP contribution in [0.25, 0.3) is 11.4 Å². The van der Waals surface area contributed by atoms with Gasteiger partial charge in [0.15, 0.2) is 0 Å². The molecule has 0 saturated heterocycles. The summed E-state index contributed by atoms with van der Waals surface area (Å²) in [5, 5.41) is 0. The second-order valence-electron chi connectivity index (χ2n) is 4.18. The Morgan fingerprint density at radius 2 is 1.60 bits per heavy atom. The minimum absolute atomic E-state index is 0.00167. The van der Waals surface area contributed by atoms with E-state index in [0.717, 1.165) is 0 Å². The van der Waals surface area contributed by atoms with Gasteiger partial charge >= 0.3 is 6.18 Å². The molecule has 2 aromatic heterocycles. The van der Waals surface area contributed by atoms with Gasteiger partial charge in [0.1, 0.15) is 11.4 Å². The minimum atomic E-state index is -4.63. The maximum atomic E-state index is 12.6. The van der Waals surface area contributed by atoms with Crippen LogP contribution in [0.1, 0.15) is 26.3 Å². The van der Waals surface area contributed by atoms with Crippen LogP contribution >= 0.6 is 0 Å². The molecule has 0 unspecified atom stereocenters. The first kappa shape index (κ1) is 12.5. The number of fused-ring (bicyclic) bond motifs is 3. The second kappa shape index (κ2) is 3.96. The Bertz CT molecular complexity index is 754. The van der Waals surface area contributed by atoms with Crippen molar-refractivity contribution in [3.8, 4) is 11.4 Å². The monoisotopic (exact) mass is 278 g/mol. The van der Waals surface area contributed by atoms with Crippen molar-refractivity contribution in [1.82, 2.24) is 9.97 Å². The van der Waals surface area contributed by atoms with Gasteiger partial charge in [0.05, 0.1) is 16.7 Å². The number of nitrogens with zero attached hydrogens (tertiary/aromatic N) is 2. The summed E-state index contributed by atoms with van der Waals surface area (Å²) < 4.78 is 37.9. The molecule has 1 aliphatic carbocycles. The van der Waals surface area contributed by atoms with Crippen LogP contribution in [-0.4, -0.2) is 21.5 Å². The SMILES string of the molecule is O=C1C(=O)c2cc(C(F)(F)F)cnc2-c2ncccc21. The molecule has 2 heterocycles. The zero-order valence-corrected chi connectivity index (χ0v) is 9.73. The van der Waals surface area contributed by atoms with Crippen LogP contribution < -0.4 is 0 Å². The number of Topliss-reactive ketones (excluding diaryl/α,β-unsaturated/α-hetero) is 2. The van der Waals surface area contributed by atoms with E-state index in [-0.39, 0.29) is 22.5 Å². The Morgan fingerprint density at radius 1 is 0.950 bits per heavy atom. The fourth-order valence-corrected chi connectivity index (χ4v) is 2.00. The van der Waals surface area contributed by atoms with Gasteiger partial charge in [-0.15, -0.1) is 0 Å². The van der Waals surface area contributed by atoms with Crippen LogP contribution in [0.4, 0.5) is 13.2 Å². The summed E-state index contributed by atoms with van der Waals surface area (Å²) in [4.78, 5) is 31.3. The molecule has 0 aliphatic heterocycles. The predicted octanol–water partition coefficient (Wildman–Crippen LogP) is 2.54. The van der Waals surface area contributed by atoms with Gasteiger partial charge in [-0.05, 0) is 18.2 Å². The number of carbonyl (C=O) groups excluding carboxylic acids is 2. The number of hydrogen-bond donors (Lipinski definition) is 0. The molecule has 0 aromatic carbocycles. The molecule has 0 spiro atoms. The average molecular weight is 278 g/mol. The lowest BCUT2D eigenvalue weighted by Crippen LogP contribution is -2.23. The zero-order valence-electron chi connectivity index (χ0n) is 9.73. The van der Waals surface area contributed by atoms with Crippen LogP contribution in [0.2, 0.25) is 0 Å². The van der Waals surface area contributed by atoms with Gasteiger partial charge in [-0.25, -0.2) is 0 Å². The van der Waals surface area contributed by atoms with E-state index in [2.05, 4.69) is 9.97 Å². The summed E-state index contributed by atoms with van der Waals surface area (Å²) in [6.45, 7) is 0. The first-order valence-electron chi connectivity index (χ1n) is 5.51. The van der Waals surface area contributed by atoms with Crippen molar-refractivity contribution in [2.45, 2.75) is 6.18 Å². The largest absolute Gasteiger partial charge is 0.417 e. The lowest BCUT2D eigenvalue weighted by atomic mass is 9.90. The van der Waals surface area contributed by atoms with Gasteiger partial charge in [-0.2, -0.15) is 13.2 Å². The van der Waals surface area contributed by atoms with Crippen molar-refractivity contribution in [3.05, 3.63) is 47.3 Å². The van der Waals surface area contributed by atoms with Gasteiger partial charge in [-0.3, -0.25) is 19.6 Å². The average Bonchev–Trinajstić information content (AvgIpc) is 2.43. The predicted molar refractivity (Wildman–Crippen MR) is 61.1 cm³/mol. The highest BCUT2D eigenvalue weighted by molar-refractivity contribution is 6.52. The number of ketones is 2. The summed E-state index contributed by atoms with van der Waals surface area (Å²) in [5.41, 5.74) is -1.26. The molecule has 1 aliphatic rings. The van der Waals surface area contributed by atoms with E-state index in [9.17, 15) is 22.8 Å². The number of hydrogen-bond acceptors (Lipinski definition) is 4. The van der Waals surface area contributed by atoms with Crippen molar-refractivity contribution in [2.75, 3.05) is 0 Å². The Morgan fingerprint density at radius 3 is 2.30 bits per heavy atom. The fourth-order valence-electron chi connectivity index (χ4n) is 2.00. The first-order chi connectivity index (χ1) is 9.39. The molecule has 3 rings (SSSR count). The summed E-state index contributed by atoms with van der Waals surface area (Å²) in [7, 11) is 0.